The highest BCUT2D eigenvalue weighted by Crippen LogP contribution is 2.59. The van der Waals surface area contributed by atoms with Crippen molar-refractivity contribution in [1.29, 1.82) is 0 Å². The van der Waals surface area contributed by atoms with E-state index in [1.807, 2.05) is 0 Å². The first kappa shape index (κ1) is 23.6. The molecular formula is C18H18F6N4O4. The summed E-state index contributed by atoms with van der Waals surface area (Å²) in [6, 6.07) is 2.77. The second-order valence-electron chi connectivity index (χ2n) is 7.74. The zero-order valence-corrected chi connectivity index (χ0v) is 16.3. The molecule has 8 nitrogen and oxygen atoms in total. The van der Waals surface area contributed by atoms with Crippen molar-refractivity contribution in [1.82, 2.24) is 9.88 Å². The van der Waals surface area contributed by atoms with Gasteiger partial charge in [-0.2, -0.15) is 26.3 Å². The Morgan fingerprint density at radius 2 is 1.72 bits per heavy atom. The second kappa shape index (κ2) is 8.13. The highest BCUT2D eigenvalue weighted by atomic mass is 19.4. The first-order valence-electron chi connectivity index (χ1n) is 9.39. The van der Waals surface area contributed by atoms with Crippen molar-refractivity contribution in [3.05, 3.63) is 24.0 Å². The summed E-state index contributed by atoms with van der Waals surface area (Å²) in [5.74, 6) is -1.51. The number of likely N-dealkylation sites (tertiary alicyclic amines) is 1. The molecule has 3 rings (SSSR count). The SMILES string of the molecule is NC(=O)c1ccc(NC(=O)[C@@H]2CC23CCN(C(=O)OC(C(F)(F)F)C(F)(F)F)CC3)cn1. The van der Waals surface area contributed by atoms with Crippen molar-refractivity contribution < 1.29 is 45.5 Å². The van der Waals surface area contributed by atoms with Gasteiger partial charge < -0.3 is 20.7 Å². The quantitative estimate of drug-likeness (QED) is 0.660. The number of anilines is 1. The Morgan fingerprint density at radius 3 is 2.19 bits per heavy atom. The summed E-state index contributed by atoms with van der Waals surface area (Å²) in [5, 5.41) is 2.63. The minimum atomic E-state index is -5.78. The molecule has 14 heteroatoms. The lowest BCUT2D eigenvalue weighted by Crippen LogP contribution is -2.49. The molecule has 3 amide bonds. The Bertz CT molecular complexity index is 880. The molecule has 2 fully saturated rings. The van der Waals surface area contributed by atoms with E-state index in [-0.39, 0.29) is 37.5 Å². The Labute approximate surface area is 177 Å². The molecule has 2 heterocycles. The van der Waals surface area contributed by atoms with Crippen molar-refractivity contribution in [3.8, 4) is 0 Å². The predicted molar refractivity (Wildman–Crippen MR) is 95.1 cm³/mol. The number of pyridine rings is 1. The Hall–Kier alpha value is -3.06. The van der Waals surface area contributed by atoms with Crippen LogP contribution in [-0.2, 0) is 9.53 Å². The number of halogens is 6. The molecule has 1 saturated heterocycles. The van der Waals surface area contributed by atoms with Crippen molar-refractivity contribution >= 4 is 23.6 Å². The van der Waals surface area contributed by atoms with Crippen molar-refractivity contribution in [2.75, 3.05) is 18.4 Å². The zero-order chi connectivity index (χ0) is 23.9. The second-order valence-corrected chi connectivity index (χ2v) is 7.74. The summed E-state index contributed by atoms with van der Waals surface area (Å²) in [6.45, 7) is -0.278. The highest BCUT2D eigenvalue weighted by Gasteiger charge is 2.61. The Kier molecular flexibility index (Phi) is 6.00. The fraction of sp³-hybridized carbons (Fsp3) is 0.556. The molecule has 1 aliphatic heterocycles. The molecule has 1 saturated carbocycles. The molecule has 32 heavy (non-hydrogen) atoms. The number of primary amides is 1. The molecule has 2 aliphatic rings. The van der Waals surface area contributed by atoms with Crippen LogP contribution in [0.25, 0.3) is 0 Å². The first-order chi connectivity index (χ1) is 14.7. The average molecular weight is 468 g/mol. The summed E-state index contributed by atoms with van der Waals surface area (Å²) < 4.78 is 79.1. The minimum absolute atomic E-state index is 0.0171. The van der Waals surface area contributed by atoms with Crippen LogP contribution >= 0.6 is 0 Å². The summed E-state index contributed by atoms with van der Waals surface area (Å²) in [4.78, 5) is 39.9. The highest BCUT2D eigenvalue weighted by molar-refractivity contribution is 5.96. The number of nitrogens with two attached hydrogens (primary N) is 1. The number of carbonyl (C=O) groups is 3. The van der Waals surface area contributed by atoms with Crippen LogP contribution in [0.15, 0.2) is 18.3 Å². The summed E-state index contributed by atoms with van der Waals surface area (Å²) >= 11 is 0. The van der Waals surface area contributed by atoms with E-state index in [0.717, 1.165) is 4.90 Å². The molecule has 1 atom stereocenters. The van der Waals surface area contributed by atoms with Crippen molar-refractivity contribution in [2.24, 2.45) is 17.1 Å². The fourth-order valence-corrected chi connectivity index (χ4v) is 3.74. The van der Waals surface area contributed by atoms with E-state index in [4.69, 9.17) is 5.73 Å². The van der Waals surface area contributed by atoms with E-state index < -0.39 is 41.8 Å². The molecule has 0 radical (unpaired) electrons. The molecule has 0 bridgehead atoms. The number of rotatable bonds is 4. The third kappa shape index (κ3) is 5.05. The molecule has 1 aliphatic carbocycles. The number of alkyl halides is 6. The van der Waals surface area contributed by atoms with Gasteiger partial charge in [0.2, 0.25) is 5.91 Å². The number of nitrogens with one attached hydrogen (secondary N) is 1. The number of amides is 3. The van der Waals surface area contributed by atoms with Crippen LogP contribution in [0.4, 0.5) is 36.8 Å². The van der Waals surface area contributed by atoms with Crippen molar-refractivity contribution in [2.45, 2.75) is 37.7 Å². The third-order valence-corrected chi connectivity index (χ3v) is 5.62. The van der Waals surface area contributed by atoms with Gasteiger partial charge >= 0.3 is 18.4 Å². The van der Waals surface area contributed by atoms with Gasteiger partial charge in [-0.15, -0.1) is 0 Å². The number of hydrogen-bond donors (Lipinski definition) is 2. The summed E-state index contributed by atoms with van der Waals surface area (Å²) in [7, 11) is 0. The Morgan fingerprint density at radius 1 is 1.12 bits per heavy atom. The molecule has 1 spiro atoms. The van der Waals surface area contributed by atoms with Gasteiger partial charge in [-0.1, -0.05) is 0 Å². The topological polar surface area (TPSA) is 115 Å². The van der Waals surface area contributed by atoms with Crippen molar-refractivity contribution in [3.63, 3.8) is 0 Å². The van der Waals surface area contributed by atoms with Crippen LogP contribution in [0.3, 0.4) is 0 Å². The first-order valence-corrected chi connectivity index (χ1v) is 9.39. The molecule has 1 aromatic heterocycles. The maximum atomic E-state index is 12.6. The van der Waals surface area contributed by atoms with Gasteiger partial charge in [0.15, 0.2) is 0 Å². The molecular weight excluding hydrogens is 450 g/mol. The van der Waals surface area contributed by atoms with E-state index in [1.54, 1.807) is 0 Å². The van der Waals surface area contributed by atoms with Crippen LogP contribution in [0.1, 0.15) is 29.8 Å². The van der Waals surface area contributed by atoms with Gasteiger partial charge in [0, 0.05) is 19.0 Å². The fourth-order valence-electron chi connectivity index (χ4n) is 3.74. The van der Waals surface area contributed by atoms with Gasteiger partial charge in [0.05, 0.1) is 11.9 Å². The number of ether oxygens (including phenoxy) is 1. The number of hydrogen-bond acceptors (Lipinski definition) is 5. The number of aromatic nitrogens is 1. The normalized spacial score (nSPS) is 20.2. The van der Waals surface area contributed by atoms with E-state index >= 15 is 0 Å². The van der Waals surface area contributed by atoms with Gasteiger partial charge in [-0.25, -0.2) is 9.78 Å². The minimum Gasteiger partial charge on any atom is -0.426 e. The number of nitrogens with zero attached hydrogens (tertiary/aromatic N) is 2. The van der Waals surface area contributed by atoms with E-state index in [2.05, 4.69) is 15.0 Å². The lowest BCUT2D eigenvalue weighted by atomic mass is 9.91. The smallest absolute Gasteiger partial charge is 0.426 e. The van der Waals surface area contributed by atoms with Gasteiger partial charge in [-0.3, -0.25) is 9.59 Å². The molecule has 3 N–H and O–H groups in total. The lowest BCUT2D eigenvalue weighted by molar-refractivity contribution is -0.308. The maximum Gasteiger partial charge on any atom is 0.434 e. The summed E-state index contributed by atoms with van der Waals surface area (Å²) in [6.07, 6.45) is -15.3. The van der Waals surface area contributed by atoms with Crippen LogP contribution in [0, 0.1) is 11.3 Å². The van der Waals surface area contributed by atoms with E-state index in [1.165, 1.54) is 18.3 Å². The molecule has 1 aromatic rings. The number of carbonyl (C=O) groups excluding carboxylic acids is 3. The van der Waals surface area contributed by atoms with Gasteiger partial charge in [-0.05, 0) is 36.8 Å². The molecule has 176 valence electrons. The van der Waals surface area contributed by atoms with Crippen LogP contribution < -0.4 is 11.1 Å². The van der Waals surface area contributed by atoms with Crippen LogP contribution in [0.5, 0.6) is 0 Å². The lowest BCUT2D eigenvalue weighted by Gasteiger charge is -2.33. The van der Waals surface area contributed by atoms with Crippen LogP contribution in [0.2, 0.25) is 0 Å². The van der Waals surface area contributed by atoms with Crippen LogP contribution in [-0.4, -0.2) is 59.3 Å². The standard InChI is InChI=1S/C18H18F6N4O4/c19-17(20,21)14(18(22,23)24)32-15(31)28-5-3-16(4-6-28)7-10(16)13(30)27-9-1-2-11(12(25)29)26-8-9/h1-2,8,10,14H,3-7H2,(H2,25,29)(H,27,30)/t10-/m0/s1. The van der Waals surface area contributed by atoms with Gasteiger partial charge in [0.1, 0.15) is 5.69 Å². The maximum absolute atomic E-state index is 12.6. The average Bonchev–Trinajstić information content (AvgIpc) is 3.38. The predicted octanol–water partition coefficient (Wildman–Crippen LogP) is 2.85. The number of piperidine rings is 1. The summed E-state index contributed by atoms with van der Waals surface area (Å²) in [5.41, 5.74) is 4.93. The third-order valence-electron chi connectivity index (χ3n) is 5.62. The van der Waals surface area contributed by atoms with E-state index in [0.29, 0.717) is 12.1 Å². The van der Waals surface area contributed by atoms with E-state index in [9.17, 15) is 40.7 Å². The van der Waals surface area contributed by atoms with Gasteiger partial charge in [0.25, 0.3) is 12.0 Å². The Balaban J connectivity index is 1.53. The molecule has 0 unspecified atom stereocenters. The largest absolute Gasteiger partial charge is 0.434 e. The monoisotopic (exact) mass is 468 g/mol. The zero-order valence-electron chi connectivity index (χ0n) is 16.3. The molecule has 0 aromatic carbocycles.